The molecule has 2 N–H and O–H groups in total. The highest BCUT2D eigenvalue weighted by atomic mass is 35.5. The summed E-state index contributed by atoms with van der Waals surface area (Å²) in [5.74, 6) is 0.931. The minimum atomic E-state index is 0.0660. The van der Waals surface area contributed by atoms with E-state index in [1.165, 1.54) is 7.11 Å². The highest BCUT2D eigenvalue weighted by Crippen LogP contribution is 2.34. The summed E-state index contributed by atoms with van der Waals surface area (Å²) in [6.07, 6.45) is 1.66. The Morgan fingerprint density at radius 3 is 2.90 bits per heavy atom. The normalized spacial score (nSPS) is 10.2. The van der Waals surface area contributed by atoms with Gasteiger partial charge in [-0.05, 0) is 25.1 Å². The maximum absolute atomic E-state index is 10.1. The summed E-state index contributed by atoms with van der Waals surface area (Å²) in [4.78, 5) is 4.16. The number of aromatic nitrogens is 1. The Bertz CT molecular complexity index is 620. The summed E-state index contributed by atoms with van der Waals surface area (Å²) in [7, 11) is 1.48. The van der Waals surface area contributed by atoms with E-state index in [0.29, 0.717) is 35.4 Å². The molecule has 0 radical (unpaired) electrons. The van der Waals surface area contributed by atoms with Gasteiger partial charge in [0, 0.05) is 29.4 Å². The maximum Gasteiger partial charge on any atom is 0.237 e. The smallest absolute Gasteiger partial charge is 0.237 e. The number of nitrogens with one attached hydrogen (secondary N) is 1. The first-order valence-corrected chi connectivity index (χ1v) is 6.90. The molecule has 0 saturated carbocycles. The Morgan fingerprint density at radius 2 is 2.19 bits per heavy atom. The SMILES string of the molecule is CCOc1ncccc1NCc1cc(Cl)cc(OC)c1O. The molecule has 6 heteroatoms. The van der Waals surface area contributed by atoms with Crippen LogP contribution in [0.1, 0.15) is 12.5 Å². The van der Waals surface area contributed by atoms with Crippen LogP contribution in [0.4, 0.5) is 5.69 Å². The second kappa shape index (κ2) is 7.04. The van der Waals surface area contributed by atoms with Crippen molar-refractivity contribution in [3.8, 4) is 17.4 Å². The number of pyridine rings is 1. The number of anilines is 1. The molecule has 2 rings (SSSR count). The van der Waals surface area contributed by atoms with Crippen molar-refractivity contribution in [1.29, 1.82) is 0 Å². The van der Waals surface area contributed by atoms with Crippen LogP contribution in [0.2, 0.25) is 5.02 Å². The topological polar surface area (TPSA) is 63.6 Å². The molecule has 5 nitrogen and oxygen atoms in total. The third-order valence-corrected chi connectivity index (χ3v) is 3.08. The van der Waals surface area contributed by atoms with Crippen molar-refractivity contribution in [3.63, 3.8) is 0 Å². The fourth-order valence-corrected chi connectivity index (χ4v) is 2.12. The second-order valence-electron chi connectivity index (χ2n) is 4.26. The van der Waals surface area contributed by atoms with Gasteiger partial charge in [-0.15, -0.1) is 0 Å². The monoisotopic (exact) mass is 308 g/mol. The molecule has 0 aliphatic heterocycles. The van der Waals surface area contributed by atoms with Crippen LogP contribution in [0.5, 0.6) is 17.4 Å². The minimum absolute atomic E-state index is 0.0660. The second-order valence-corrected chi connectivity index (χ2v) is 4.69. The number of benzene rings is 1. The molecule has 1 heterocycles. The molecule has 2 aromatic rings. The molecule has 0 unspecified atom stereocenters. The highest BCUT2D eigenvalue weighted by molar-refractivity contribution is 6.30. The van der Waals surface area contributed by atoms with Crippen molar-refractivity contribution in [2.45, 2.75) is 13.5 Å². The van der Waals surface area contributed by atoms with Gasteiger partial charge < -0.3 is 19.9 Å². The Hall–Kier alpha value is -2.14. The van der Waals surface area contributed by atoms with Gasteiger partial charge in [0.05, 0.1) is 19.4 Å². The fourth-order valence-electron chi connectivity index (χ4n) is 1.89. The van der Waals surface area contributed by atoms with Crippen molar-refractivity contribution >= 4 is 17.3 Å². The Kier molecular flexibility index (Phi) is 5.11. The number of phenols is 1. The lowest BCUT2D eigenvalue weighted by molar-refractivity contribution is 0.328. The minimum Gasteiger partial charge on any atom is -0.504 e. The zero-order valence-electron chi connectivity index (χ0n) is 11.9. The number of hydrogen-bond donors (Lipinski definition) is 2. The zero-order chi connectivity index (χ0) is 15.2. The number of aromatic hydroxyl groups is 1. The molecule has 0 saturated heterocycles. The van der Waals surface area contributed by atoms with E-state index in [0.717, 1.165) is 5.69 Å². The van der Waals surface area contributed by atoms with Gasteiger partial charge in [-0.25, -0.2) is 4.98 Å². The molecule has 112 valence electrons. The van der Waals surface area contributed by atoms with Crippen molar-refractivity contribution in [2.24, 2.45) is 0 Å². The number of methoxy groups -OCH3 is 1. The van der Waals surface area contributed by atoms with Gasteiger partial charge in [0.15, 0.2) is 11.5 Å². The van der Waals surface area contributed by atoms with Crippen LogP contribution in [-0.2, 0) is 6.54 Å². The van der Waals surface area contributed by atoms with Crippen LogP contribution in [0, 0.1) is 0 Å². The number of nitrogens with zero attached hydrogens (tertiary/aromatic N) is 1. The molecule has 0 bridgehead atoms. The summed E-state index contributed by atoms with van der Waals surface area (Å²) in [5.41, 5.74) is 1.38. The van der Waals surface area contributed by atoms with Crippen LogP contribution in [0.15, 0.2) is 30.5 Å². The molecule has 0 fully saturated rings. The van der Waals surface area contributed by atoms with Gasteiger partial charge in [-0.2, -0.15) is 0 Å². The van der Waals surface area contributed by atoms with Crippen molar-refractivity contribution in [2.75, 3.05) is 19.0 Å². The Labute approximate surface area is 128 Å². The van der Waals surface area contributed by atoms with E-state index in [9.17, 15) is 5.11 Å². The van der Waals surface area contributed by atoms with Crippen LogP contribution in [-0.4, -0.2) is 23.8 Å². The third-order valence-electron chi connectivity index (χ3n) is 2.86. The van der Waals surface area contributed by atoms with E-state index in [1.807, 2.05) is 19.1 Å². The first kappa shape index (κ1) is 15.3. The number of halogens is 1. The summed E-state index contributed by atoms with van der Waals surface area (Å²) in [6, 6.07) is 6.92. The lowest BCUT2D eigenvalue weighted by Gasteiger charge is -2.13. The summed E-state index contributed by atoms with van der Waals surface area (Å²) < 4.78 is 10.5. The number of rotatable bonds is 6. The van der Waals surface area contributed by atoms with E-state index >= 15 is 0 Å². The fraction of sp³-hybridized carbons (Fsp3) is 0.267. The van der Waals surface area contributed by atoms with E-state index in [4.69, 9.17) is 21.1 Å². The van der Waals surface area contributed by atoms with Crippen LogP contribution in [0.25, 0.3) is 0 Å². The van der Waals surface area contributed by atoms with Gasteiger partial charge in [-0.3, -0.25) is 0 Å². The number of phenolic OH excluding ortho intramolecular Hbond substituents is 1. The molecule has 1 aromatic heterocycles. The molecule has 1 aromatic carbocycles. The van der Waals surface area contributed by atoms with Gasteiger partial charge in [0.2, 0.25) is 5.88 Å². The molecular weight excluding hydrogens is 292 g/mol. The van der Waals surface area contributed by atoms with Gasteiger partial charge >= 0.3 is 0 Å². The molecule has 0 aliphatic rings. The quantitative estimate of drug-likeness (QED) is 0.855. The lowest BCUT2D eigenvalue weighted by Crippen LogP contribution is -2.04. The van der Waals surface area contributed by atoms with E-state index in [-0.39, 0.29) is 5.75 Å². The third kappa shape index (κ3) is 3.70. The number of ether oxygens (including phenoxy) is 2. The standard InChI is InChI=1S/C15H17ClN2O3/c1-3-21-15-12(5-4-6-17-15)18-9-10-7-11(16)8-13(20-2)14(10)19/h4-8,18-19H,3,9H2,1-2H3. The van der Waals surface area contributed by atoms with Crippen LogP contribution >= 0.6 is 11.6 Å². The maximum atomic E-state index is 10.1. The van der Waals surface area contributed by atoms with Crippen molar-refractivity contribution < 1.29 is 14.6 Å². The van der Waals surface area contributed by atoms with Crippen LogP contribution in [0.3, 0.4) is 0 Å². The summed E-state index contributed by atoms with van der Waals surface area (Å²) in [6.45, 7) is 2.79. The van der Waals surface area contributed by atoms with Gasteiger partial charge in [-0.1, -0.05) is 11.6 Å². The predicted octanol–water partition coefficient (Wildman–Crippen LogP) is 3.46. The van der Waals surface area contributed by atoms with Crippen molar-refractivity contribution in [3.05, 3.63) is 41.0 Å². The average Bonchev–Trinajstić information content (AvgIpc) is 2.49. The molecule has 0 spiro atoms. The highest BCUT2D eigenvalue weighted by Gasteiger charge is 2.11. The predicted molar refractivity (Wildman–Crippen MR) is 82.4 cm³/mol. The first-order chi connectivity index (χ1) is 10.2. The summed E-state index contributed by atoms with van der Waals surface area (Å²) >= 11 is 6.01. The van der Waals surface area contributed by atoms with E-state index in [1.54, 1.807) is 18.3 Å². The molecule has 0 aliphatic carbocycles. The average molecular weight is 309 g/mol. The lowest BCUT2D eigenvalue weighted by atomic mass is 10.2. The van der Waals surface area contributed by atoms with Gasteiger partial charge in [0.25, 0.3) is 0 Å². The molecule has 0 atom stereocenters. The zero-order valence-corrected chi connectivity index (χ0v) is 12.6. The van der Waals surface area contributed by atoms with Crippen LogP contribution < -0.4 is 14.8 Å². The molecule has 21 heavy (non-hydrogen) atoms. The van der Waals surface area contributed by atoms with E-state index < -0.39 is 0 Å². The number of hydrogen-bond acceptors (Lipinski definition) is 5. The largest absolute Gasteiger partial charge is 0.504 e. The Balaban J connectivity index is 2.19. The van der Waals surface area contributed by atoms with E-state index in [2.05, 4.69) is 10.3 Å². The Morgan fingerprint density at radius 1 is 1.38 bits per heavy atom. The molecular formula is C15H17ClN2O3. The van der Waals surface area contributed by atoms with Gasteiger partial charge in [0.1, 0.15) is 0 Å². The summed E-state index contributed by atoms with van der Waals surface area (Å²) in [5, 5.41) is 13.8. The van der Waals surface area contributed by atoms with Crippen molar-refractivity contribution in [1.82, 2.24) is 4.98 Å². The molecule has 0 amide bonds. The first-order valence-electron chi connectivity index (χ1n) is 6.52.